The van der Waals surface area contributed by atoms with E-state index in [0.29, 0.717) is 18.6 Å². The summed E-state index contributed by atoms with van der Waals surface area (Å²) in [6.45, 7) is 0.621. The lowest BCUT2D eigenvalue weighted by molar-refractivity contribution is 0.207. The quantitative estimate of drug-likeness (QED) is 0.885. The Hall–Kier alpha value is -2.30. The molecule has 116 valence electrons. The van der Waals surface area contributed by atoms with Crippen LogP contribution in [0.25, 0.3) is 0 Å². The van der Waals surface area contributed by atoms with Gasteiger partial charge >= 0.3 is 0 Å². The molecule has 1 aromatic carbocycles. The van der Waals surface area contributed by atoms with Crippen molar-refractivity contribution in [3.63, 3.8) is 0 Å². The zero-order valence-corrected chi connectivity index (χ0v) is 12.8. The standard InChI is InChI=1S/C17H21N3O2/c1-21-15-8-7-13(12-20-17-18-9-4-10-19-17)16(11-15)22-14-5-2-3-6-14/h4,7-11,14H,2-3,5-6,12H2,1H3,(H,18,19,20). The molecule has 1 aliphatic carbocycles. The fraction of sp³-hybridized carbons (Fsp3) is 0.412. The Morgan fingerprint density at radius 3 is 2.68 bits per heavy atom. The van der Waals surface area contributed by atoms with E-state index in [0.717, 1.165) is 29.9 Å². The predicted molar refractivity (Wildman–Crippen MR) is 85.2 cm³/mol. The minimum absolute atomic E-state index is 0.318. The van der Waals surface area contributed by atoms with Crippen LogP contribution in [0.15, 0.2) is 36.7 Å². The van der Waals surface area contributed by atoms with E-state index < -0.39 is 0 Å². The second-order valence-corrected chi connectivity index (χ2v) is 5.42. The van der Waals surface area contributed by atoms with Gasteiger partial charge in [-0.3, -0.25) is 0 Å². The van der Waals surface area contributed by atoms with E-state index >= 15 is 0 Å². The molecule has 22 heavy (non-hydrogen) atoms. The average Bonchev–Trinajstić information content (AvgIpc) is 3.07. The molecule has 0 aliphatic heterocycles. The number of methoxy groups -OCH3 is 1. The van der Waals surface area contributed by atoms with E-state index in [1.807, 2.05) is 18.2 Å². The molecule has 1 aromatic heterocycles. The normalized spacial score (nSPS) is 14.8. The lowest BCUT2D eigenvalue weighted by atomic mass is 10.2. The minimum atomic E-state index is 0.318. The third-order valence-corrected chi connectivity index (χ3v) is 3.87. The highest BCUT2D eigenvalue weighted by molar-refractivity contribution is 5.42. The SMILES string of the molecule is COc1ccc(CNc2ncccn2)c(OC2CCCC2)c1. The second kappa shape index (κ2) is 7.11. The lowest BCUT2D eigenvalue weighted by Crippen LogP contribution is -2.13. The molecule has 0 spiro atoms. The Morgan fingerprint density at radius 2 is 1.95 bits per heavy atom. The summed E-state index contributed by atoms with van der Waals surface area (Å²) < 4.78 is 11.5. The zero-order valence-electron chi connectivity index (χ0n) is 12.8. The molecule has 3 rings (SSSR count). The summed E-state index contributed by atoms with van der Waals surface area (Å²) in [5.41, 5.74) is 1.08. The number of aromatic nitrogens is 2. The summed E-state index contributed by atoms with van der Waals surface area (Å²) in [5.74, 6) is 2.31. The first-order valence-corrected chi connectivity index (χ1v) is 7.69. The molecule has 5 heteroatoms. The highest BCUT2D eigenvalue weighted by Crippen LogP contribution is 2.30. The Balaban J connectivity index is 1.73. The van der Waals surface area contributed by atoms with Crippen LogP contribution in [0.3, 0.4) is 0 Å². The van der Waals surface area contributed by atoms with Crippen LogP contribution in [0.5, 0.6) is 11.5 Å². The largest absolute Gasteiger partial charge is 0.497 e. The predicted octanol–water partition coefficient (Wildman–Crippen LogP) is 3.42. The maximum atomic E-state index is 6.18. The summed E-state index contributed by atoms with van der Waals surface area (Å²) in [4.78, 5) is 8.35. The summed E-state index contributed by atoms with van der Waals surface area (Å²) in [6.07, 6.45) is 8.52. The third kappa shape index (κ3) is 3.67. The Kier molecular flexibility index (Phi) is 4.73. The molecule has 5 nitrogen and oxygen atoms in total. The Labute approximate surface area is 130 Å². The number of ether oxygens (including phenoxy) is 2. The maximum absolute atomic E-state index is 6.18. The van der Waals surface area contributed by atoms with Gasteiger partial charge < -0.3 is 14.8 Å². The number of nitrogens with one attached hydrogen (secondary N) is 1. The van der Waals surface area contributed by atoms with Gasteiger partial charge in [0.1, 0.15) is 11.5 Å². The molecule has 2 aromatic rings. The number of anilines is 1. The highest BCUT2D eigenvalue weighted by atomic mass is 16.5. The molecular weight excluding hydrogens is 278 g/mol. The highest BCUT2D eigenvalue weighted by Gasteiger charge is 2.18. The number of nitrogens with zero attached hydrogens (tertiary/aromatic N) is 2. The summed E-state index contributed by atoms with van der Waals surface area (Å²) in [6, 6.07) is 7.73. The topological polar surface area (TPSA) is 56.3 Å². The summed E-state index contributed by atoms with van der Waals surface area (Å²) in [7, 11) is 1.67. The van der Waals surface area contributed by atoms with Gasteiger partial charge in [0.05, 0.1) is 13.2 Å². The van der Waals surface area contributed by atoms with E-state index in [1.54, 1.807) is 25.6 Å². The van der Waals surface area contributed by atoms with Gasteiger partial charge in [0.25, 0.3) is 0 Å². The lowest BCUT2D eigenvalue weighted by Gasteiger charge is -2.17. The maximum Gasteiger partial charge on any atom is 0.222 e. The third-order valence-electron chi connectivity index (χ3n) is 3.87. The van der Waals surface area contributed by atoms with Crippen LogP contribution in [0, 0.1) is 0 Å². The Bertz CT molecular complexity index is 598. The van der Waals surface area contributed by atoms with E-state index in [4.69, 9.17) is 9.47 Å². The van der Waals surface area contributed by atoms with Crippen molar-refractivity contribution in [1.29, 1.82) is 0 Å². The van der Waals surface area contributed by atoms with Crippen LogP contribution < -0.4 is 14.8 Å². The molecule has 0 amide bonds. The molecule has 0 saturated heterocycles. The van der Waals surface area contributed by atoms with Crippen molar-refractivity contribution in [2.75, 3.05) is 12.4 Å². The van der Waals surface area contributed by atoms with Gasteiger partial charge in [-0.2, -0.15) is 0 Å². The van der Waals surface area contributed by atoms with Crippen molar-refractivity contribution in [3.8, 4) is 11.5 Å². The first-order valence-electron chi connectivity index (χ1n) is 7.69. The summed E-state index contributed by atoms with van der Waals surface area (Å²) in [5, 5.41) is 3.22. The second-order valence-electron chi connectivity index (χ2n) is 5.42. The zero-order chi connectivity index (χ0) is 15.2. The van der Waals surface area contributed by atoms with Gasteiger partial charge in [0, 0.05) is 30.6 Å². The van der Waals surface area contributed by atoms with Crippen LogP contribution in [0.1, 0.15) is 31.2 Å². The molecule has 1 aliphatic rings. The molecule has 0 radical (unpaired) electrons. The first-order chi connectivity index (χ1) is 10.8. The number of benzene rings is 1. The van der Waals surface area contributed by atoms with Crippen molar-refractivity contribution in [2.24, 2.45) is 0 Å². The molecule has 0 bridgehead atoms. The monoisotopic (exact) mass is 299 g/mol. The minimum Gasteiger partial charge on any atom is -0.497 e. The van der Waals surface area contributed by atoms with Gasteiger partial charge in [-0.1, -0.05) is 0 Å². The van der Waals surface area contributed by atoms with Gasteiger partial charge in [0.15, 0.2) is 0 Å². The van der Waals surface area contributed by atoms with Gasteiger partial charge in [0.2, 0.25) is 5.95 Å². The van der Waals surface area contributed by atoms with Crippen molar-refractivity contribution in [2.45, 2.75) is 38.3 Å². The molecular formula is C17H21N3O2. The van der Waals surface area contributed by atoms with E-state index in [1.165, 1.54) is 12.8 Å². The van der Waals surface area contributed by atoms with Crippen molar-refractivity contribution in [1.82, 2.24) is 9.97 Å². The number of rotatable bonds is 6. The molecule has 1 N–H and O–H groups in total. The molecule has 1 saturated carbocycles. The van der Waals surface area contributed by atoms with Gasteiger partial charge in [-0.05, 0) is 43.9 Å². The van der Waals surface area contributed by atoms with E-state index in [-0.39, 0.29) is 0 Å². The van der Waals surface area contributed by atoms with Gasteiger partial charge in [-0.15, -0.1) is 0 Å². The van der Waals surface area contributed by atoms with Crippen LogP contribution >= 0.6 is 0 Å². The smallest absolute Gasteiger partial charge is 0.222 e. The van der Waals surface area contributed by atoms with E-state index in [9.17, 15) is 0 Å². The molecule has 0 atom stereocenters. The van der Waals surface area contributed by atoms with Crippen LogP contribution in [0.2, 0.25) is 0 Å². The van der Waals surface area contributed by atoms with Crippen molar-refractivity contribution < 1.29 is 9.47 Å². The average molecular weight is 299 g/mol. The summed E-state index contributed by atoms with van der Waals surface area (Å²) >= 11 is 0. The number of hydrogen-bond acceptors (Lipinski definition) is 5. The first kappa shape index (κ1) is 14.6. The van der Waals surface area contributed by atoms with Gasteiger partial charge in [-0.25, -0.2) is 9.97 Å². The molecule has 0 unspecified atom stereocenters. The fourth-order valence-electron chi connectivity index (χ4n) is 2.67. The number of hydrogen-bond donors (Lipinski definition) is 1. The van der Waals surface area contributed by atoms with Crippen LogP contribution in [-0.4, -0.2) is 23.2 Å². The van der Waals surface area contributed by atoms with Crippen molar-refractivity contribution >= 4 is 5.95 Å². The van der Waals surface area contributed by atoms with Crippen LogP contribution in [0.4, 0.5) is 5.95 Å². The van der Waals surface area contributed by atoms with Crippen molar-refractivity contribution in [3.05, 3.63) is 42.2 Å². The molecule has 1 fully saturated rings. The van der Waals surface area contributed by atoms with E-state index in [2.05, 4.69) is 15.3 Å². The Morgan fingerprint density at radius 1 is 1.18 bits per heavy atom. The fourth-order valence-corrected chi connectivity index (χ4v) is 2.67. The van der Waals surface area contributed by atoms with Crippen LogP contribution in [-0.2, 0) is 6.54 Å². The molecule has 1 heterocycles.